The Morgan fingerprint density at radius 3 is 2.57 bits per heavy atom. The summed E-state index contributed by atoms with van der Waals surface area (Å²) < 4.78 is 32.6. The molecule has 2 aromatic rings. The van der Waals surface area contributed by atoms with Crippen molar-refractivity contribution >= 4 is 44.6 Å². The maximum Gasteiger partial charge on any atom is 0.267 e. The molecule has 152 valence electrons. The maximum atomic E-state index is 12.6. The van der Waals surface area contributed by atoms with Crippen LogP contribution in [-0.4, -0.2) is 33.6 Å². The summed E-state index contributed by atoms with van der Waals surface area (Å²) in [5.41, 5.74) is 0.0173. The Bertz CT molecular complexity index is 954. The lowest BCUT2D eigenvalue weighted by atomic mass is 10.0. The molecule has 0 unspecified atom stereocenters. The lowest BCUT2D eigenvalue weighted by Gasteiger charge is -2.25. The fraction of sp³-hybridized carbons (Fsp3) is 0.333. The van der Waals surface area contributed by atoms with Crippen LogP contribution < -0.4 is 20.1 Å². The van der Waals surface area contributed by atoms with Crippen LogP contribution in [0.1, 0.15) is 24.3 Å². The second-order valence-corrected chi connectivity index (χ2v) is 9.50. The predicted molar refractivity (Wildman–Crippen MR) is 114 cm³/mol. The molecule has 0 bridgehead atoms. The van der Waals surface area contributed by atoms with Gasteiger partial charge in [-0.3, -0.25) is 9.52 Å². The largest absolute Gasteiger partial charge is 0.495 e. The molecular formula is C18H23N3O4S3. The van der Waals surface area contributed by atoms with Crippen molar-refractivity contribution in [3.63, 3.8) is 0 Å². The van der Waals surface area contributed by atoms with Gasteiger partial charge in [-0.1, -0.05) is 12.1 Å². The fourth-order valence-electron chi connectivity index (χ4n) is 2.54. The van der Waals surface area contributed by atoms with Crippen LogP contribution in [0.15, 0.2) is 40.6 Å². The number of nitrogens with one attached hydrogen (secondary N) is 3. The highest BCUT2D eigenvalue weighted by molar-refractivity contribution is 7.92. The predicted octanol–water partition coefficient (Wildman–Crippen LogP) is 2.13. The minimum atomic E-state index is -3.95. The molecule has 0 spiro atoms. The quantitative estimate of drug-likeness (QED) is 0.570. The van der Waals surface area contributed by atoms with Crippen molar-refractivity contribution in [1.82, 2.24) is 15.4 Å². The summed E-state index contributed by atoms with van der Waals surface area (Å²) in [5, 5.41) is 7.44. The Morgan fingerprint density at radius 2 is 2.00 bits per heavy atom. The normalized spacial score (nSPS) is 11.6. The minimum absolute atomic E-state index is 0.0256. The molecule has 10 heteroatoms. The molecule has 0 atom stereocenters. The molecule has 0 aliphatic carbocycles. The molecule has 0 radical (unpaired) electrons. The number of ether oxygens (including phenoxy) is 1. The van der Waals surface area contributed by atoms with E-state index in [1.54, 1.807) is 17.4 Å². The Morgan fingerprint density at radius 1 is 1.29 bits per heavy atom. The standard InChI is InChI=1S/C18H23N3O4S3/c1-18(2,15-6-5-9-27-15)20-16(22)11-12-7-8-13(25-4)14(10-12)28(23,24)21-17(26)19-3/h5-10H,11H2,1-4H3,(H,20,22)(H2,19,21,26). The van der Waals surface area contributed by atoms with Gasteiger partial charge in [-0.2, -0.15) is 0 Å². The van der Waals surface area contributed by atoms with Crippen LogP contribution in [0.2, 0.25) is 0 Å². The van der Waals surface area contributed by atoms with Gasteiger partial charge in [0, 0.05) is 11.9 Å². The van der Waals surface area contributed by atoms with E-state index in [1.165, 1.54) is 26.3 Å². The summed E-state index contributed by atoms with van der Waals surface area (Å²) in [6.45, 7) is 3.84. The van der Waals surface area contributed by atoms with Crippen LogP contribution in [0.4, 0.5) is 0 Å². The van der Waals surface area contributed by atoms with Gasteiger partial charge in [0.25, 0.3) is 10.0 Å². The Hall–Kier alpha value is -2.17. The Balaban J connectivity index is 2.23. The molecule has 0 saturated carbocycles. The highest BCUT2D eigenvalue weighted by atomic mass is 32.2. The first-order valence-corrected chi connectivity index (χ1v) is 11.1. The minimum Gasteiger partial charge on any atom is -0.495 e. The van der Waals surface area contributed by atoms with E-state index in [0.717, 1.165) is 4.88 Å². The number of hydrogen-bond acceptors (Lipinski definition) is 6. The number of rotatable bonds is 7. The maximum absolute atomic E-state index is 12.6. The average Bonchev–Trinajstić information content (AvgIpc) is 3.16. The first-order chi connectivity index (χ1) is 13.1. The number of carbonyl (C=O) groups excluding carboxylic acids is 1. The van der Waals surface area contributed by atoms with Crippen molar-refractivity contribution in [2.45, 2.75) is 30.7 Å². The number of methoxy groups -OCH3 is 1. The van der Waals surface area contributed by atoms with E-state index in [9.17, 15) is 13.2 Å². The number of sulfonamides is 1. The number of benzene rings is 1. The van der Waals surface area contributed by atoms with Crippen molar-refractivity contribution < 1.29 is 17.9 Å². The van der Waals surface area contributed by atoms with E-state index in [4.69, 9.17) is 17.0 Å². The third kappa shape index (κ3) is 5.43. The van der Waals surface area contributed by atoms with E-state index in [1.807, 2.05) is 31.4 Å². The molecule has 1 amide bonds. The highest BCUT2D eigenvalue weighted by Crippen LogP contribution is 2.27. The van der Waals surface area contributed by atoms with Gasteiger partial charge >= 0.3 is 0 Å². The molecule has 3 N–H and O–H groups in total. The first kappa shape index (κ1) is 22.1. The van der Waals surface area contributed by atoms with Gasteiger partial charge in [-0.15, -0.1) is 11.3 Å². The Kier molecular flexibility index (Phi) is 7.02. The molecule has 1 heterocycles. The lowest BCUT2D eigenvalue weighted by Crippen LogP contribution is -2.41. The van der Waals surface area contributed by atoms with Gasteiger partial charge in [-0.25, -0.2) is 8.42 Å². The van der Waals surface area contributed by atoms with Crippen LogP contribution in [0.3, 0.4) is 0 Å². The van der Waals surface area contributed by atoms with E-state index in [-0.39, 0.29) is 28.1 Å². The van der Waals surface area contributed by atoms with Crippen molar-refractivity contribution in [2.24, 2.45) is 0 Å². The van der Waals surface area contributed by atoms with Crippen molar-refractivity contribution in [1.29, 1.82) is 0 Å². The van der Waals surface area contributed by atoms with Crippen LogP contribution in [0.5, 0.6) is 5.75 Å². The van der Waals surface area contributed by atoms with Gasteiger partial charge in [-0.05, 0) is 55.2 Å². The summed E-state index contributed by atoms with van der Waals surface area (Å²) >= 11 is 6.44. The Labute approximate surface area is 174 Å². The van der Waals surface area contributed by atoms with Gasteiger partial charge in [0.05, 0.1) is 19.1 Å². The van der Waals surface area contributed by atoms with Gasteiger partial charge < -0.3 is 15.4 Å². The zero-order valence-electron chi connectivity index (χ0n) is 16.0. The lowest BCUT2D eigenvalue weighted by molar-refractivity contribution is -0.122. The molecule has 0 aliphatic rings. The van der Waals surface area contributed by atoms with Crippen LogP contribution >= 0.6 is 23.6 Å². The number of thiocarbonyl (C=S) groups is 1. The average molecular weight is 442 g/mol. The molecule has 0 aliphatic heterocycles. The molecule has 0 fully saturated rings. The molecule has 0 saturated heterocycles. The zero-order valence-corrected chi connectivity index (χ0v) is 18.5. The third-order valence-corrected chi connectivity index (χ3v) is 6.93. The summed E-state index contributed by atoms with van der Waals surface area (Å²) in [5.74, 6) is -0.0555. The van der Waals surface area contributed by atoms with E-state index < -0.39 is 15.6 Å². The number of amides is 1. The van der Waals surface area contributed by atoms with Gasteiger partial charge in [0.15, 0.2) is 5.11 Å². The highest BCUT2D eigenvalue weighted by Gasteiger charge is 2.25. The van der Waals surface area contributed by atoms with Crippen molar-refractivity contribution in [2.75, 3.05) is 14.2 Å². The molecule has 7 nitrogen and oxygen atoms in total. The monoisotopic (exact) mass is 441 g/mol. The number of hydrogen-bond donors (Lipinski definition) is 3. The van der Waals surface area contributed by atoms with E-state index >= 15 is 0 Å². The SMILES string of the molecule is CNC(=S)NS(=O)(=O)c1cc(CC(=O)NC(C)(C)c2cccs2)ccc1OC. The topological polar surface area (TPSA) is 96.5 Å². The number of carbonyl (C=O) groups is 1. The van der Waals surface area contributed by atoms with Crippen molar-refractivity contribution in [3.8, 4) is 5.75 Å². The molecule has 1 aromatic carbocycles. The summed E-state index contributed by atoms with van der Waals surface area (Å²) in [6.07, 6.45) is 0.0256. The smallest absolute Gasteiger partial charge is 0.267 e. The molecular weight excluding hydrogens is 418 g/mol. The zero-order chi connectivity index (χ0) is 20.9. The van der Waals surface area contributed by atoms with Crippen molar-refractivity contribution in [3.05, 3.63) is 46.2 Å². The summed E-state index contributed by atoms with van der Waals surface area (Å²) in [7, 11) is -1.06. The molecule has 2 rings (SSSR count). The van der Waals surface area contributed by atoms with Crippen LogP contribution in [0, 0.1) is 0 Å². The summed E-state index contributed by atoms with van der Waals surface area (Å²) in [4.78, 5) is 13.5. The summed E-state index contributed by atoms with van der Waals surface area (Å²) in [6, 6.07) is 8.48. The molecule has 28 heavy (non-hydrogen) atoms. The number of thiophene rings is 1. The second-order valence-electron chi connectivity index (χ2n) is 6.50. The third-order valence-electron chi connectivity index (χ3n) is 3.93. The van der Waals surface area contributed by atoms with E-state index in [0.29, 0.717) is 5.56 Å². The first-order valence-electron chi connectivity index (χ1n) is 8.35. The molecule has 1 aromatic heterocycles. The second kappa shape index (κ2) is 8.89. The van der Waals surface area contributed by atoms with E-state index in [2.05, 4.69) is 15.4 Å². The van der Waals surface area contributed by atoms with Gasteiger partial charge in [0.2, 0.25) is 5.91 Å². The van der Waals surface area contributed by atoms with Crippen LogP contribution in [0.25, 0.3) is 0 Å². The van der Waals surface area contributed by atoms with Gasteiger partial charge in [0.1, 0.15) is 10.6 Å². The fourth-order valence-corrected chi connectivity index (χ4v) is 4.86. The van der Waals surface area contributed by atoms with Crippen LogP contribution in [-0.2, 0) is 26.8 Å².